The van der Waals surface area contributed by atoms with Crippen LogP contribution in [0.25, 0.3) is 0 Å². The quantitative estimate of drug-likeness (QED) is 0.791. The average Bonchev–Trinajstić information content (AvgIpc) is 3.32. The zero-order valence-electron chi connectivity index (χ0n) is 14.4. The van der Waals surface area contributed by atoms with Crippen molar-refractivity contribution in [1.82, 2.24) is 10.9 Å². The van der Waals surface area contributed by atoms with E-state index in [1.165, 1.54) is 0 Å². The molecule has 0 spiro atoms. The van der Waals surface area contributed by atoms with Gasteiger partial charge in [-0.2, -0.15) is 0 Å². The predicted molar refractivity (Wildman–Crippen MR) is 100 cm³/mol. The molecule has 0 bridgehead atoms. The van der Waals surface area contributed by atoms with Gasteiger partial charge in [0.05, 0.1) is 12.0 Å². The summed E-state index contributed by atoms with van der Waals surface area (Å²) in [5.41, 5.74) is 8.98. The lowest BCUT2D eigenvalue weighted by Gasteiger charge is -2.19. The lowest BCUT2D eigenvalue weighted by molar-refractivity contribution is -0.120. The van der Waals surface area contributed by atoms with E-state index in [0.717, 1.165) is 29.9 Å². The summed E-state index contributed by atoms with van der Waals surface area (Å²) in [5.74, 6) is -0.0609. The lowest BCUT2D eigenvalue weighted by Crippen LogP contribution is -2.29. The maximum Gasteiger partial charge on any atom is 0.230 e. The van der Waals surface area contributed by atoms with Crippen LogP contribution >= 0.6 is 0 Å². The summed E-state index contributed by atoms with van der Waals surface area (Å²) in [6, 6.07) is 17.4. The SMILES string of the molecule is O=C(Nc1ccc(N2CCCC2=O)cc1)C1CNNC1c1ccccc1. The van der Waals surface area contributed by atoms with Crippen molar-refractivity contribution < 1.29 is 9.59 Å². The van der Waals surface area contributed by atoms with Crippen molar-refractivity contribution in [2.75, 3.05) is 23.3 Å². The van der Waals surface area contributed by atoms with Crippen LogP contribution in [0.1, 0.15) is 24.4 Å². The molecule has 6 nitrogen and oxygen atoms in total. The average molecular weight is 350 g/mol. The third-order valence-corrected chi connectivity index (χ3v) is 5.00. The zero-order valence-corrected chi connectivity index (χ0v) is 14.4. The van der Waals surface area contributed by atoms with Crippen LogP contribution in [0.3, 0.4) is 0 Å². The number of nitrogens with zero attached hydrogens (tertiary/aromatic N) is 1. The fourth-order valence-electron chi connectivity index (χ4n) is 3.60. The van der Waals surface area contributed by atoms with Gasteiger partial charge in [0.15, 0.2) is 0 Å². The number of carbonyl (C=O) groups is 2. The van der Waals surface area contributed by atoms with Gasteiger partial charge in [0.2, 0.25) is 11.8 Å². The maximum absolute atomic E-state index is 12.7. The molecule has 2 unspecified atom stereocenters. The molecule has 26 heavy (non-hydrogen) atoms. The molecule has 134 valence electrons. The first kappa shape index (κ1) is 16.8. The second-order valence-electron chi connectivity index (χ2n) is 6.71. The summed E-state index contributed by atoms with van der Waals surface area (Å²) in [7, 11) is 0. The minimum atomic E-state index is -0.197. The number of amides is 2. The first-order valence-electron chi connectivity index (χ1n) is 8.97. The monoisotopic (exact) mass is 350 g/mol. The van der Waals surface area contributed by atoms with E-state index in [-0.39, 0.29) is 23.8 Å². The van der Waals surface area contributed by atoms with E-state index in [4.69, 9.17) is 0 Å². The summed E-state index contributed by atoms with van der Waals surface area (Å²) in [6.45, 7) is 1.34. The van der Waals surface area contributed by atoms with Gasteiger partial charge in [0, 0.05) is 30.9 Å². The third-order valence-electron chi connectivity index (χ3n) is 5.00. The topological polar surface area (TPSA) is 73.5 Å². The number of hydrazine groups is 1. The van der Waals surface area contributed by atoms with Crippen LogP contribution in [0, 0.1) is 5.92 Å². The van der Waals surface area contributed by atoms with Crippen LogP contribution in [-0.4, -0.2) is 24.9 Å². The third kappa shape index (κ3) is 3.34. The molecule has 0 aliphatic carbocycles. The predicted octanol–water partition coefficient (Wildman–Crippen LogP) is 2.22. The minimum absolute atomic E-state index is 0.0265. The van der Waals surface area contributed by atoms with E-state index in [0.29, 0.717) is 13.0 Å². The molecule has 2 atom stereocenters. The second-order valence-corrected chi connectivity index (χ2v) is 6.71. The Kier molecular flexibility index (Phi) is 4.69. The molecule has 6 heteroatoms. The van der Waals surface area contributed by atoms with Crippen molar-refractivity contribution in [3.8, 4) is 0 Å². The van der Waals surface area contributed by atoms with Crippen LogP contribution in [0.4, 0.5) is 11.4 Å². The summed E-state index contributed by atoms with van der Waals surface area (Å²) >= 11 is 0. The molecule has 3 N–H and O–H groups in total. The Morgan fingerprint density at radius 1 is 1.08 bits per heavy atom. The zero-order chi connectivity index (χ0) is 17.9. The van der Waals surface area contributed by atoms with Gasteiger partial charge >= 0.3 is 0 Å². The Morgan fingerprint density at radius 2 is 1.85 bits per heavy atom. The van der Waals surface area contributed by atoms with E-state index < -0.39 is 0 Å². The largest absolute Gasteiger partial charge is 0.326 e. The number of hydrogen-bond acceptors (Lipinski definition) is 4. The standard InChI is InChI=1S/C20H22N4O2/c25-18-7-4-12-24(18)16-10-8-15(9-11-16)22-20(26)17-13-21-23-19(17)14-5-2-1-3-6-14/h1-3,5-6,8-11,17,19,21,23H,4,7,12-13H2,(H,22,26). The highest BCUT2D eigenvalue weighted by Gasteiger charge is 2.33. The molecule has 2 heterocycles. The van der Waals surface area contributed by atoms with E-state index >= 15 is 0 Å². The smallest absolute Gasteiger partial charge is 0.230 e. The Balaban J connectivity index is 1.43. The van der Waals surface area contributed by atoms with Crippen molar-refractivity contribution in [3.63, 3.8) is 0 Å². The molecule has 2 aliphatic rings. The summed E-state index contributed by atoms with van der Waals surface area (Å²) in [4.78, 5) is 26.4. The van der Waals surface area contributed by atoms with Gasteiger partial charge in [-0.05, 0) is 36.2 Å². The molecule has 0 saturated carbocycles. The van der Waals surface area contributed by atoms with Crippen LogP contribution in [-0.2, 0) is 9.59 Å². The van der Waals surface area contributed by atoms with Crippen molar-refractivity contribution in [3.05, 3.63) is 60.2 Å². The number of hydrogen-bond donors (Lipinski definition) is 3. The molecular formula is C20H22N4O2. The van der Waals surface area contributed by atoms with Gasteiger partial charge in [-0.1, -0.05) is 30.3 Å². The molecule has 2 aromatic rings. The summed E-state index contributed by atoms with van der Waals surface area (Å²) in [6.07, 6.45) is 1.51. The van der Waals surface area contributed by atoms with Gasteiger partial charge in [0.1, 0.15) is 0 Å². The number of anilines is 2. The molecule has 0 aromatic heterocycles. The van der Waals surface area contributed by atoms with Crippen LogP contribution in [0.2, 0.25) is 0 Å². The molecule has 4 rings (SSSR count). The van der Waals surface area contributed by atoms with Gasteiger partial charge in [0.25, 0.3) is 0 Å². The van der Waals surface area contributed by atoms with Crippen molar-refractivity contribution in [1.29, 1.82) is 0 Å². The van der Waals surface area contributed by atoms with Crippen molar-refractivity contribution >= 4 is 23.2 Å². The Bertz CT molecular complexity index is 791. The molecule has 2 saturated heterocycles. The van der Waals surface area contributed by atoms with E-state index in [1.807, 2.05) is 54.6 Å². The van der Waals surface area contributed by atoms with Gasteiger partial charge in [-0.3, -0.25) is 15.0 Å². The van der Waals surface area contributed by atoms with Crippen LogP contribution in [0.5, 0.6) is 0 Å². The minimum Gasteiger partial charge on any atom is -0.326 e. The molecule has 2 fully saturated rings. The fraction of sp³-hybridized carbons (Fsp3) is 0.300. The van der Waals surface area contributed by atoms with Gasteiger partial charge in [-0.15, -0.1) is 0 Å². The normalized spacial score (nSPS) is 22.6. The van der Waals surface area contributed by atoms with Gasteiger partial charge in [-0.25, -0.2) is 5.43 Å². The Hall–Kier alpha value is -2.70. The molecule has 0 radical (unpaired) electrons. The van der Waals surface area contributed by atoms with Gasteiger partial charge < -0.3 is 10.2 Å². The number of carbonyl (C=O) groups excluding carboxylic acids is 2. The fourth-order valence-corrected chi connectivity index (χ4v) is 3.60. The second kappa shape index (κ2) is 7.27. The Labute approximate surface area is 152 Å². The van der Waals surface area contributed by atoms with E-state index in [2.05, 4.69) is 16.2 Å². The first-order chi connectivity index (χ1) is 12.7. The van der Waals surface area contributed by atoms with Crippen LogP contribution in [0.15, 0.2) is 54.6 Å². The molecule has 2 amide bonds. The van der Waals surface area contributed by atoms with E-state index in [9.17, 15) is 9.59 Å². The Morgan fingerprint density at radius 3 is 2.54 bits per heavy atom. The molecule has 2 aliphatic heterocycles. The molecular weight excluding hydrogens is 328 g/mol. The molecule has 2 aromatic carbocycles. The summed E-state index contributed by atoms with van der Waals surface area (Å²) < 4.78 is 0. The van der Waals surface area contributed by atoms with Crippen molar-refractivity contribution in [2.45, 2.75) is 18.9 Å². The highest BCUT2D eigenvalue weighted by molar-refractivity contribution is 5.96. The first-order valence-corrected chi connectivity index (χ1v) is 8.97. The van der Waals surface area contributed by atoms with Crippen LogP contribution < -0.4 is 21.1 Å². The number of nitrogens with one attached hydrogen (secondary N) is 3. The van der Waals surface area contributed by atoms with E-state index in [1.54, 1.807) is 4.90 Å². The number of benzene rings is 2. The van der Waals surface area contributed by atoms with Crippen molar-refractivity contribution in [2.24, 2.45) is 5.92 Å². The lowest BCUT2D eigenvalue weighted by atomic mass is 9.94. The highest BCUT2D eigenvalue weighted by atomic mass is 16.2. The number of rotatable bonds is 4. The highest BCUT2D eigenvalue weighted by Crippen LogP contribution is 2.27. The maximum atomic E-state index is 12.7. The summed E-state index contributed by atoms with van der Waals surface area (Å²) in [5, 5.41) is 2.99.